The van der Waals surface area contributed by atoms with E-state index in [1.807, 2.05) is 0 Å². The fraction of sp³-hybridized carbons (Fsp3) is 0.529. The van der Waals surface area contributed by atoms with Gasteiger partial charge in [-0.25, -0.2) is 4.39 Å². The first-order chi connectivity index (χ1) is 10.7. The Kier molecular flexibility index (Phi) is 4.83. The highest BCUT2D eigenvalue weighted by Crippen LogP contribution is 2.26. The second kappa shape index (κ2) is 7.01. The highest BCUT2D eigenvalue weighted by molar-refractivity contribution is 5.18. The monoisotopic (exact) mass is 304 g/mol. The van der Waals surface area contributed by atoms with Gasteiger partial charge in [0.2, 0.25) is 11.8 Å². The Hall–Kier alpha value is -1.75. The summed E-state index contributed by atoms with van der Waals surface area (Å²) in [6.07, 6.45) is 5.55. The third-order valence-electron chi connectivity index (χ3n) is 4.11. The van der Waals surface area contributed by atoms with E-state index in [0.29, 0.717) is 30.9 Å². The molecule has 0 spiro atoms. The van der Waals surface area contributed by atoms with Crippen molar-refractivity contribution in [3.63, 3.8) is 0 Å². The van der Waals surface area contributed by atoms with Gasteiger partial charge in [-0.15, -0.1) is 10.2 Å². The lowest BCUT2D eigenvalue weighted by Gasteiger charge is -2.26. The lowest BCUT2D eigenvalue weighted by molar-refractivity contribution is -0.00489. The summed E-state index contributed by atoms with van der Waals surface area (Å²) in [5.74, 6) is 1.53. The molecule has 1 saturated carbocycles. The number of rotatable bonds is 5. The van der Waals surface area contributed by atoms with E-state index in [2.05, 4.69) is 17.1 Å². The van der Waals surface area contributed by atoms with Gasteiger partial charge in [0.25, 0.3) is 0 Å². The molecule has 1 aliphatic rings. The van der Waals surface area contributed by atoms with Crippen molar-refractivity contribution in [3.05, 3.63) is 47.4 Å². The second-order valence-corrected chi connectivity index (χ2v) is 6.10. The first-order valence-corrected chi connectivity index (χ1v) is 7.86. The van der Waals surface area contributed by atoms with Crippen molar-refractivity contribution in [2.45, 2.75) is 51.7 Å². The molecule has 1 aromatic carbocycles. The van der Waals surface area contributed by atoms with Crippen LogP contribution in [0.25, 0.3) is 0 Å². The van der Waals surface area contributed by atoms with Gasteiger partial charge in [0.05, 0.1) is 12.5 Å². The lowest BCUT2D eigenvalue weighted by Crippen LogP contribution is -2.21. The van der Waals surface area contributed by atoms with E-state index >= 15 is 0 Å². The molecule has 0 saturated heterocycles. The minimum Gasteiger partial charge on any atom is -0.422 e. The van der Waals surface area contributed by atoms with E-state index < -0.39 is 0 Å². The minimum atomic E-state index is -0.245. The van der Waals surface area contributed by atoms with E-state index in [-0.39, 0.29) is 5.82 Å². The summed E-state index contributed by atoms with van der Waals surface area (Å²) in [5.41, 5.74) is 0.943. The number of nitrogens with zero attached hydrogens (tertiary/aromatic N) is 2. The Morgan fingerprint density at radius 3 is 2.73 bits per heavy atom. The number of halogens is 1. The van der Waals surface area contributed by atoms with E-state index in [0.717, 1.165) is 24.3 Å². The fourth-order valence-electron chi connectivity index (χ4n) is 2.91. The maximum atomic E-state index is 12.9. The van der Waals surface area contributed by atoms with Gasteiger partial charge in [0.1, 0.15) is 12.4 Å². The number of aromatic nitrogens is 2. The van der Waals surface area contributed by atoms with Crippen molar-refractivity contribution in [2.24, 2.45) is 5.92 Å². The lowest BCUT2D eigenvalue weighted by atomic mass is 9.89. The first-order valence-electron chi connectivity index (χ1n) is 7.86. The minimum absolute atomic E-state index is 0.245. The van der Waals surface area contributed by atoms with Gasteiger partial charge in [-0.3, -0.25) is 0 Å². The summed E-state index contributed by atoms with van der Waals surface area (Å²) in [5, 5.41) is 8.04. The number of hydrogen-bond acceptors (Lipinski definition) is 4. The van der Waals surface area contributed by atoms with Crippen LogP contribution in [0.2, 0.25) is 0 Å². The average molecular weight is 304 g/mol. The molecule has 0 radical (unpaired) electrons. The molecule has 0 N–H and O–H groups in total. The number of ether oxygens (including phenoxy) is 1. The number of hydrogen-bond donors (Lipinski definition) is 0. The average Bonchev–Trinajstić information content (AvgIpc) is 2.95. The van der Waals surface area contributed by atoms with Crippen LogP contribution < -0.4 is 0 Å². The van der Waals surface area contributed by atoms with Crippen LogP contribution in [-0.2, 0) is 17.8 Å². The van der Waals surface area contributed by atoms with Crippen molar-refractivity contribution >= 4 is 0 Å². The standard InChI is InChI=1S/C17H21FN2O2/c1-12-3-2-4-15(9-12)21-11-17-20-19-16(22-17)10-13-5-7-14(18)8-6-13/h5-8,12,15H,2-4,9-11H2,1H3/t12-,15-/m1/s1. The molecule has 1 fully saturated rings. The second-order valence-electron chi connectivity index (χ2n) is 6.10. The van der Waals surface area contributed by atoms with Crippen LogP contribution in [0.4, 0.5) is 4.39 Å². The molecule has 0 unspecified atom stereocenters. The molecule has 22 heavy (non-hydrogen) atoms. The van der Waals surface area contributed by atoms with Gasteiger partial charge in [-0.05, 0) is 36.5 Å². The molecular weight excluding hydrogens is 283 g/mol. The molecule has 118 valence electrons. The van der Waals surface area contributed by atoms with Gasteiger partial charge in [0.15, 0.2) is 0 Å². The zero-order valence-electron chi connectivity index (χ0n) is 12.8. The Morgan fingerprint density at radius 2 is 1.95 bits per heavy atom. The van der Waals surface area contributed by atoms with Crippen LogP contribution in [0.15, 0.2) is 28.7 Å². The van der Waals surface area contributed by atoms with Crippen LogP contribution in [0, 0.1) is 11.7 Å². The Labute approximate surface area is 129 Å². The van der Waals surface area contributed by atoms with Crippen molar-refractivity contribution in [2.75, 3.05) is 0 Å². The molecule has 2 atom stereocenters. The predicted molar refractivity (Wildman–Crippen MR) is 79.7 cm³/mol. The van der Waals surface area contributed by atoms with Crippen LogP contribution in [0.3, 0.4) is 0 Å². The molecule has 0 aliphatic heterocycles. The van der Waals surface area contributed by atoms with E-state index in [1.165, 1.54) is 25.0 Å². The van der Waals surface area contributed by atoms with Crippen molar-refractivity contribution in [3.8, 4) is 0 Å². The van der Waals surface area contributed by atoms with Crippen LogP contribution >= 0.6 is 0 Å². The highest BCUT2D eigenvalue weighted by Gasteiger charge is 2.20. The quantitative estimate of drug-likeness (QED) is 0.840. The van der Waals surface area contributed by atoms with Crippen molar-refractivity contribution in [1.82, 2.24) is 10.2 Å². The van der Waals surface area contributed by atoms with Crippen molar-refractivity contribution < 1.29 is 13.5 Å². The zero-order chi connectivity index (χ0) is 15.4. The molecule has 5 heteroatoms. The third kappa shape index (κ3) is 4.13. The predicted octanol–water partition coefficient (Wildman–Crippen LogP) is 3.89. The SMILES string of the molecule is C[C@@H]1CCC[C@@H](OCc2nnc(Cc3ccc(F)cc3)o2)C1. The van der Waals surface area contributed by atoms with E-state index in [9.17, 15) is 4.39 Å². The summed E-state index contributed by atoms with van der Waals surface area (Å²) in [4.78, 5) is 0. The molecule has 1 heterocycles. The molecule has 3 rings (SSSR count). The smallest absolute Gasteiger partial charge is 0.242 e. The molecule has 1 aliphatic carbocycles. The van der Waals surface area contributed by atoms with Gasteiger partial charge < -0.3 is 9.15 Å². The van der Waals surface area contributed by atoms with Crippen LogP contribution in [0.1, 0.15) is 50.0 Å². The first kappa shape index (κ1) is 15.2. The fourth-order valence-corrected chi connectivity index (χ4v) is 2.91. The molecule has 4 nitrogen and oxygen atoms in total. The van der Waals surface area contributed by atoms with E-state index in [4.69, 9.17) is 9.15 Å². The van der Waals surface area contributed by atoms with Gasteiger partial charge in [0, 0.05) is 0 Å². The molecular formula is C17H21FN2O2. The van der Waals surface area contributed by atoms with E-state index in [1.54, 1.807) is 12.1 Å². The summed E-state index contributed by atoms with van der Waals surface area (Å²) >= 11 is 0. The zero-order valence-corrected chi connectivity index (χ0v) is 12.8. The van der Waals surface area contributed by atoms with Gasteiger partial charge >= 0.3 is 0 Å². The number of benzene rings is 1. The molecule has 1 aromatic heterocycles. The summed E-state index contributed by atoms with van der Waals surface area (Å²) in [7, 11) is 0. The third-order valence-corrected chi connectivity index (χ3v) is 4.11. The highest BCUT2D eigenvalue weighted by atomic mass is 19.1. The summed E-state index contributed by atoms with van der Waals surface area (Å²) in [6.45, 7) is 2.64. The topological polar surface area (TPSA) is 48.2 Å². The Balaban J connectivity index is 1.51. The maximum Gasteiger partial charge on any atom is 0.242 e. The maximum absolute atomic E-state index is 12.9. The summed E-state index contributed by atoms with van der Waals surface area (Å²) in [6, 6.07) is 6.30. The Bertz CT molecular complexity index is 597. The van der Waals surface area contributed by atoms with Gasteiger partial charge in [-0.1, -0.05) is 31.9 Å². The molecule has 2 aromatic rings. The summed E-state index contributed by atoms with van der Waals surface area (Å²) < 4.78 is 24.3. The van der Waals surface area contributed by atoms with Crippen molar-refractivity contribution in [1.29, 1.82) is 0 Å². The largest absolute Gasteiger partial charge is 0.422 e. The van der Waals surface area contributed by atoms with Crippen LogP contribution in [-0.4, -0.2) is 16.3 Å². The Morgan fingerprint density at radius 1 is 1.18 bits per heavy atom. The van der Waals surface area contributed by atoms with Crippen LogP contribution in [0.5, 0.6) is 0 Å². The normalized spacial score (nSPS) is 21.9. The van der Waals surface area contributed by atoms with Gasteiger partial charge in [-0.2, -0.15) is 0 Å². The molecule has 0 amide bonds. The molecule has 0 bridgehead atoms.